The van der Waals surface area contributed by atoms with E-state index < -0.39 is 23.8 Å². The molecule has 3 fully saturated rings. The highest BCUT2D eigenvalue weighted by Gasteiger charge is 2.47. The van der Waals surface area contributed by atoms with Gasteiger partial charge in [-0.05, 0) is 24.5 Å². The molecule has 0 saturated carbocycles. The number of fused-ring (bicyclic) bond motifs is 1. The van der Waals surface area contributed by atoms with Crippen LogP contribution in [0, 0.1) is 0 Å². The highest BCUT2D eigenvalue weighted by molar-refractivity contribution is 6.24. The SMILES string of the molecule is O=C1CCC(N2C(=O)c3cccc(CN4CCOCCC45CNC5)c3C2=O)C(=O)N1. The minimum atomic E-state index is -0.947. The third-order valence-corrected chi connectivity index (χ3v) is 6.71. The van der Waals surface area contributed by atoms with Gasteiger partial charge in [-0.15, -0.1) is 0 Å². The van der Waals surface area contributed by atoms with Crippen LogP contribution in [0.25, 0.3) is 0 Å². The van der Waals surface area contributed by atoms with Gasteiger partial charge in [0.25, 0.3) is 11.8 Å². The standard InChI is InChI=1S/C21H24N4O5/c26-16-5-4-15(18(27)23-16)25-19(28)14-3-1-2-13(17(14)20(25)29)10-24-7-9-30-8-6-21(24)11-22-12-21/h1-3,15,22H,4-12H2,(H,23,26,27). The van der Waals surface area contributed by atoms with E-state index in [0.717, 1.165) is 36.5 Å². The second-order valence-corrected chi connectivity index (χ2v) is 8.40. The lowest BCUT2D eigenvalue weighted by atomic mass is 9.86. The highest BCUT2D eigenvalue weighted by atomic mass is 16.5. The summed E-state index contributed by atoms with van der Waals surface area (Å²) >= 11 is 0. The second kappa shape index (κ2) is 7.26. The molecular formula is C21H24N4O5. The van der Waals surface area contributed by atoms with Crippen LogP contribution in [0.2, 0.25) is 0 Å². The van der Waals surface area contributed by atoms with Crippen molar-refractivity contribution >= 4 is 23.6 Å². The van der Waals surface area contributed by atoms with Crippen LogP contribution < -0.4 is 10.6 Å². The van der Waals surface area contributed by atoms with Crippen LogP contribution >= 0.6 is 0 Å². The average molecular weight is 412 g/mol. The third kappa shape index (κ3) is 2.96. The number of amides is 4. The van der Waals surface area contributed by atoms with Crippen LogP contribution in [0.1, 0.15) is 45.5 Å². The number of ether oxygens (including phenoxy) is 1. The zero-order valence-corrected chi connectivity index (χ0v) is 16.6. The first-order valence-electron chi connectivity index (χ1n) is 10.4. The monoisotopic (exact) mass is 412 g/mol. The zero-order valence-electron chi connectivity index (χ0n) is 16.6. The summed E-state index contributed by atoms with van der Waals surface area (Å²) in [5.74, 6) is -1.89. The van der Waals surface area contributed by atoms with Gasteiger partial charge in [0, 0.05) is 44.7 Å². The molecule has 4 amide bonds. The average Bonchev–Trinajstić information content (AvgIpc) is 2.83. The van der Waals surface area contributed by atoms with Crippen LogP contribution in [0.3, 0.4) is 0 Å². The van der Waals surface area contributed by atoms with E-state index in [0.29, 0.717) is 30.9 Å². The summed E-state index contributed by atoms with van der Waals surface area (Å²) in [7, 11) is 0. The van der Waals surface area contributed by atoms with Crippen LogP contribution in [-0.2, 0) is 20.9 Å². The molecule has 4 aliphatic heterocycles. The number of nitrogens with one attached hydrogen (secondary N) is 2. The van der Waals surface area contributed by atoms with Crippen molar-refractivity contribution in [2.24, 2.45) is 0 Å². The van der Waals surface area contributed by atoms with E-state index in [2.05, 4.69) is 15.5 Å². The highest BCUT2D eigenvalue weighted by Crippen LogP contribution is 2.33. The van der Waals surface area contributed by atoms with E-state index >= 15 is 0 Å². The first kappa shape index (κ1) is 19.3. The fourth-order valence-electron chi connectivity index (χ4n) is 4.92. The van der Waals surface area contributed by atoms with E-state index in [1.807, 2.05) is 6.07 Å². The Kier molecular flexibility index (Phi) is 4.68. The summed E-state index contributed by atoms with van der Waals surface area (Å²) in [5.41, 5.74) is 1.50. The largest absolute Gasteiger partial charge is 0.380 e. The smallest absolute Gasteiger partial charge is 0.262 e. The predicted molar refractivity (Wildman–Crippen MR) is 105 cm³/mol. The van der Waals surface area contributed by atoms with Crippen molar-refractivity contribution in [1.82, 2.24) is 20.4 Å². The Morgan fingerprint density at radius 1 is 1.10 bits per heavy atom. The van der Waals surface area contributed by atoms with Crippen molar-refractivity contribution in [3.05, 3.63) is 34.9 Å². The molecule has 0 radical (unpaired) electrons. The fourth-order valence-corrected chi connectivity index (χ4v) is 4.92. The van der Waals surface area contributed by atoms with Crippen molar-refractivity contribution in [3.63, 3.8) is 0 Å². The van der Waals surface area contributed by atoms with Gasteiger partial charge in [-0.25, -0.2) is 0 Å². The number of piperidine rings is 1. The van der Waals surface area contributed by atoms with Crippen LogP contribution in [-0.4, -0.2) is 77.9 Å². The molecule has 1 aromatic carbocycles. The quantitative estimate of drug-likeness (QED) is 0.654. The lowest BCUT2D eigenvalue weighted by Crippen LogP contribution is -2.68. The minimum absolute atomic E-state index is 0.00813. The maximum atomic E-state index is 13.3. The van der Waals surface area contributed by atoms with Gasteiger partial charge in [-0.2, -0.15) is 0 Å². The number of imide groups is 2. The second-order valence-electron chi connectivity index (χ2n) is 8.40. The normalized spacial score (nSPS) is 26.4. The number of hydrogen-bond acceptors (Lipinski definition) is 7. The summed E-state index contributed by atoms with van der Waals surface area (Å²) in [6.07, 6.45) is 1.19. The number of hydrogen-bond donors (Lipinski definition) is 2. The third-order valence-electron chi connectivity index (χ3n) is 6.71. The van der Waals surface area contributed by atoms with Gasteiger partial charge >= 0.3 is 0 Å². The molecule has 158 valence electrons. The van der Waals surface area contributed by atoms with Gasteiger partial charge in [0.05, 0.1) is 17.7 Å². The summed E-state index contributed by atoms with van der Waals surface area (Å²) in [6.45, 7) is 4.39. The molecular weight excluding hydrogens is 388 g/mol. The van der Waals surface area contributed by atoms with Gasteiger partial charge in [-0.1, -0.05) is 12.1 Å². The van der Waals surface area contributed by atoms with Crippen molar-refractivity contribution in [2.45, 2.75) is 37.4 Å². The van der Waals surface area contributed by atoms with Gasteiger partial charge in [0.15, 0.2) is 0 Å². The van der Waals surface area contributed by atoms with Gasteiger partial charge < -0.3 is 10.1 Å². The lowest BCUT2D eigenvalue weighted by molar-refractivity contribution is -0.136. The molecule has 5 rings (SSSR count). The van der Waals surface area contributed by atoms with E-state index in [4.69, 9.17) is 4.74 Å². The first-order chi connectivity index (χ1) is 14.5. The Hall–Kier alpha value is -2.62. The summed E-state index contributed by atoms with van der Waals surface area (Å²) in [4.78, 5) is 53.5. The number of nitrogens with zero attached hydrogens (tertiary/aromatic N) is 2. The molecule has 2 N–H and O–H groups in total. The number of rotatable bonds is 3. The molecule has 3 saturated heterocycles. The Morgan fingerprint density at radius 3 is 2.67 bits per heavy atom. The Morgan fingerprint density at radius 2 is 1.93 bits per heavy atom. The van der Waals surface area contributed by atoms with Crippen molar-refractivity contribution < 1.29 is 23.9 Å². The fraction of sp³-hybridized carbons (Fsp3) is 0.524. The van der Waals surface area contributed by atoms with Crippen LogP contribution in [0.15, 0.2) is 18.2 Å². The molecule has 0 bridgehead atoms. The number of carbonyl (C=O) groups excluding carboxylic acids is 4. The summed E-state index contributed by atoms with van der Waals surface area (Å²) < 4.78 is 5.67. The molecule has 0 aliphatic carbocycles. The van der Waals surface area contributed by atoms with E-state index in [-0.39, 0.29) is 24.3 Å². The summed E-state index contributed by atoms with van der Waals surface area (Å²) in [6, 6.07) is 4.35. The van der Waals surface area contributed by atoms with Crippen molar-refractivity contribution in [2.75, 3.05) is 32.8 Å². The number of carbonyl (C=O) groups is 4. The predicted octanol–water partition coefficient (Wildman–Crippen LogP) is -0.348. The van der Waals surface area contributed by atoms with Crippen LogP contribution in [0.5, 0.6) is 0 Å². The first-order valence-corrected chi connectivity index (χ1v) is 10.4. The van der Waals surface area contributed by atoms with Crippen molar-refractivity contribution in [3.8, 4) is 0 Å². The molecule has 9 heteroatoms. The minimum Gasteiger partial charge on any atom is -0.380 e. The Bertz CT molecular complexity index is 941. The molecule has 0 aromatic heterocycles. The van der Waals surface area contributed by atoms with Gasteiger partial charge in [-0.3, -0.25) is 34.3 Å². The topological polar surface area (TPSA) is 108 Å². The molecule has 1 atom stereocenters. The molecule has 9 nitrogen and oxygen atoms in total. The molecule has 4 heterocycles. The Balaban J connectivity index is 1.45. The van der Waals surface area contributed by atoms with Crippen LogP contribution in [0.4, 0.5) is 0 Å². The zero-order chi connectivity index (χ0) is 20.9. The molecule has 1 spiro atoms. The number of benzene rings is 1. The van der Waals surface area contributed by atoms with E-state index in [9.17, 15) is 19.2 Å². The van der Waals surface area contributed by atoms with E-state index in [1.54, 1.807) is 12.1 Å². The van der Waals surface area contributed by atoms with Gasteiger partial charge in [0.1, 0.15) is 6.04 Å². The lowest BCUT2D eigenvalue weighted by Gasteiger charge is -2.50. The molecule has 30 heavy (non-hydrogen) atoms. The maximum Gasteiger partial charge on any atom is 0.262 e. The maximum absolute atomic E-state index is 13.3. The van der Waals surface area contributed by atoms with Gasteiger partial charge in [0.2, 0.25) is 11.8 Å². The Labute approximate surface area is 173 Å². The van der Waals surface area contributed by atoms with Crippen molar-refractivity contribution in [1.29, 1.82) is 0 Å². The molecule has 1 unspecified atom stereocenters. The summed E-state index contributed by atoms with van der Waals surface area (Å²) in [5, 5.41) is 5.58. The van der Waals surface area contributed by atoms with E-state index in [1.165, 1.54) is 0 Å². The molecule has 4 aliphatic rings. The molecule has 1 aromatic rings.